The molecule has 0 radical (unpaired) electrons. The SMILES string of the molecule is CCCCN1CC1C(=O)OC. The molecular weight excluding hydrogens is 142 g/mol. The molecule has 3 nitrogen and oxygen atoms in total. The van der Waals surface area contributed by atoms with Crippen LogP contribution in [0.15, 0.2) is 0 Å². The number of esters is 1. The highest BCUT2D eigenvalue weighted by Crippen LogP contribution is 2.18. The highest BCUT2D eigenvalue weighted by atomic mass is 16.5. The summed E-state index contributed by atoms with van der Waals surface area (Å²) in [5, 5.41) is 0. The van der Waals surface area contributed by atoms with Crippen molar-refractivity contribution < 1.29 is 9.53 Å². The predicted molar refractivity (Wildman–Crippen MR) is 42.3 cm³/mol. The Labute approximate surface area is 67.3 Å². The quantitative estimate of drug-likeness (QED) is 0.443. The van der Waals surface area contributed by atoms with Crippen LogP contribution in [-0.2, 0) is 9.53 Å². The van der Waals surface area contributed by atoms with E-state index in [2.05, 4.69) is 16.6 Å². The smallest absolute Gasteiger partial charge is 0.324 e. The zero-order chi connectivity index (χ0) is 8.27. The van der Waals surface area contributed by atoms with Gasteiger partial charge in [0.1, 0.15) is 6.04 Å². The van der Waals surface area contributed by atoms with Gasteiger partial charge in [-0.3, -0.25) is 9.69 Å². The summed E-state index contributed by atoms with van der Waals surface area (Å²) >= 11 is 0. The fourth-order valence-corrected chi connectivity index (χ4v) is 1.14. The number of carbonyl (C=O) groups is 1. The molecule has 11 heavy (non-hydrogen) atoms. The maximum atomic E-state index is 10.9. The molecule has 0 N–H and O–H groups in total. The summed E-state index contributed by atoms with van der Waals surface area (Å²) in [6.07, 6.45) is 2.36. The van der Waals surface area contributed by atoms with Crippen molar-refractivity contribution in [1.29, 1.82) is 0 Å². The van der Waals surface area contributed by atoms with Crippen LogP contribution in [0.1, 0.15) is 19.8 Å². The van der Waals surface area contributed by atoms with Crippen LogP contribution < -0.4 is 0 Å². The minimum atomic E-state index is -0.0823. The summed E-state index contributed by atoms with van der Waals surface area (Å²) in [5.74, 6) is -0.0823. The van der Waals surface area contributed by atoms with Gasteiger partial charge in [-0.2, -0.15) is 0 Å². The molecule has 1 heterocycles. The van der Waals surface area contributed by atoms with Crippen molar-refractivity contribution in [3.05, 3.63) is 0 Å². The minimum Gasteiger partial charge on any atom is -0.468 e. The Bertz CT molecular complexity index is 147. The number of hydrogen-bond donors (Lipinski definition) is 0. The van der Waals surface area contributed by atoms with Gasteiger partial charge in [0.05, 0.1) is 7.11 Å². The maximum Gasteiger partial charge on any atom is 0.324 e. The van der Waals surface area contributed by atoms with Gasteiger partial charge in [0.2, 0.25) is 0 Å². The van der Waals surface area contributed by atoms with Crippen LogP contribution in [0.3, 0.4) is 0 Å². The van der Waals surface area contributed by atoms with Gasteiger partial charge in [-0.25, -0.2) is 0 Å². The van der Waals surface area contributed by atoms with E-state index in [9.17, 15) is 4.79 Å². The molecular formula is C8H15NO2. The van der Waals surface area contributed by atoms with Crippen molar-refractivity contribution in [2.75, 3.05) is 20.2 Å². The van der Waals surface area contributed by atoms with Crippen molar-refractivity contribution in [1.82, 2.24) is 4.90 Å². The Balaban J connectivity index is 2.11. The zero-order valence-electron chi connectivity index (χ0n) is 7.17. The number of carbonyl (C=O) groups excluding carboxylic acids is 1. The summed E-state index contributed by atoms with van der Waals surface area (Å²) in [6, 6.07) is 0.0755. The molecule has 0 amide bonds. The van der Waals surface area contributed by atoms with E-state index >= 15 is 0 Å². The van der Waals surface area contributed by atoms with Gasteiger partial charge in [0, 0.05) is 6.54 Å². The zero-order valence-corrected chi connectivity index (χ0v) is 7.17. The fraction of sp³-hybridized carbons (Fsp3) is 0.875. The predicted octanol–water partition coefficient (Wildman–Crippen LogP) is 0.644. The normalized spacial score (nSPS) is 28.2. The van der Waals surface area contributed by atoms with E-state index in [4.69, 9.17) is 0 Å². The summed E-state index contributed by atoms with van der Waals surface area (Å²) in [7, 11) is 1.44. The Kier molecular flexibility index (Phi) is 2.88. The Morgan fingerprint density at radius 3 is 3.00 bits per heavy atom. The lowest BCUT2D eigenvalue weighted by Crippen LogP contribution is -2.15. The van der Waals surface area contributed by atoms with Gasteiger partial charge in [-0.15, -0.1) is 0 Å². The molecule has 0 spiro atoms. The van der Waals surface area contributed by atoms with E-state index in [0.717, 1.165) is 13.1 Å². The highest BCUT2D eigenvalue weighted by Gasteiger charge is 2.40. The molecule has 1 aliphatic rings. The summed E-state index contributed by atoms with van der Waals surface area (Å²) in [4.78, 5) is 13.0. The number of rotatable bonds is 4. The average molecular weight is 157 g/mol. The third-order valence-electron chi connectivity index (χ3n) is 1.99. The molecule has 1 fully saturated rings. The van der Waals surface area contributed by atoms with E-state index in [1.54, 1.807) is 0 Å². The summed E-state index contributed by atoms with van der Waals surface area (Å²) in [6.45, 7) is 4.08. The Hall–Kier alpha value is -0.570. The molecule has 0 aliphatic carbocycles. The lowest BCUT2D eigenvalue weighted by atomic mass is 10.3. The van der Waals surface area contributed by atoms with Crippen LogP contribution in [0.2, 0.25) is 0 Å². The van der Waals surface area contributed by atoms with E-state index in [1.165, 1.54) is 20.0 Å². The Morgan fingerprint density at radius 1 is 1.73 bits per heavy atom. The van der Waals surface area contributed by atoms with Crippen LogP contribution in [0.4, 0.5) is 0 Å². The van der Waals surface area contributed by atoms with Crippen LogP contribution in [0.5, 0.6) is 0 Å². The molecule has 2 unspecified atom stereocenters. The molecule has 1 rings (SSSR count). The minimum absolute atomic E-state index is 0.0755. The molecule has 1 aliphatic heterocycles. The molecule has 0 aromatic rings. The monoisotopic (exact) mass is 157 g/mol. The van der Waals surface area contributed by atoms with Gasteiger partial charge >= 0.3 is 5.97 Å². The van der Waals surface area contributed by atoms with Crippen molar-refractivity contribution >= 4 is 5.97 Å². The second-order valence-corrected chi connectivity index (χ2v) is 2.89. The van der Waals surface area contributed by atoms with E-state index in [0.29, 0.717) is 0 Å². The van der Waals surface area contributed by atoms with Gasteiger partial charge < -0.3 is 4.74 Å². The first kappa shape index (κ1) is 8.53. The second-order valence-electron chi connectivity index (χ2n) is 2.89. The average Bonchev–Trinajstić information content (AvgIpc) is 2.78. The van der Waals surface area contributed by atoms with E-state index in [1.807, 2.05) is 0 Å². The van der Waals surface area contributed by atoms with Crippen LogP contribution in [-0.4, -0.2) is 37.1 Å². The number of nitrogens with zero attached hydrogens (tertiary/aromatic N) is 1. The van der Waals surface area contributed by atoms with Crippen molar-refractivity contribution in [2.24, 2.45) is 0 Å². The van der Waals surface area contributed by atoms with Gasteiger partial charge in [-0.05, 0) is 13.0 Å². The van der Waals surface area contributed by atoms with Crippen molar-refractivity contribution in [3.8, 4) is 0 Å². The number of methoxy groups -OCH3 is 1. The molecule has 0 saturated carbocycles. The molecule has 0 aromatic carbocycles. The molecule has 3 heteroatoms. The molecule has 64 valence electrons. The fourth-order valence-electron chi connectivity index (χ4n) is 1.14. The molecule has 0 aromatic heterocycles. The van der Waals surface area contributed by atoms with Gasteiger partial charge in [0.15, 0.2) is 0 Å². The third-order valence-corrected chi connectivity index (χ3v) is 1.99. The number of hydrogen-bond acceptors (Lipinski definition) is 3. The van der Waals surface area contributed by atoms with Crippen LogP contribution in [0, 0.1) is 0 Å². The Morgan fingerprint density at radius 2 is 2.45 bits per heavy atom. The first-order valence-corrected chi connectivity index (χ1v) is 4.11. The lowest BCUT2D eigenvalue weighted by molar-refractivity contribution is -0.140. The van der Waals surface area contributed by atoms with E-state index < -0.39 is 0 Å². The van der Waals surface area contributed by atoms with Gasteiger partial charge in [0.25, 0.3) is 0 Å². The first-order chi connectivity index (χ1) is 5.29. The maximum absolute atomic E-state index is 10.9. The van der Waals surface area contributed by atoms with Crippen molar-refractivity contribution in [3.63, 3.8) is 0 Å². The molecule has 2 atom stereocenters. The second kappa shape index (κ2) is 3.72. The summed E-state index contributed by atoms with van der Waals surface area (Å²) < 4.78 is 4.60. The van der Waals surface area contributed by atoms with Crippen LogP contribution in [0.25, 0.3) is 0 Å². The standard InChI is InChI=1S/C8H15NO2/c1-3-4-5-9-6-7(9)8(10)11-2/h7H,3-6H2,1-2H3. The number of ether oxygens (including phenoxy) is 1. The third kappa shape index (κ3) is 2.19. The van der Waals surface area contributed by atoms with Crippen LogP contribution >= 0.6 is 0 Å². The number of unbranched alkanes of at least 4 members (excludes halogenated alkanes) is 1. The lowest BCUT2D eigenvalue weighted by Gasteiger charge is -1.99. The molecule has 1 saturated heterocycles. The summed E-state index contributed by atoms with van der Waals surface area (Å²) in [5.41, 5.74) is 0. The van der Waals surface area contributed by atoms with Gasteiger partial charge in [-0.1, -0.05) is 13.3 Å². The first-order valence-electron chi connectivity index (χ1n) is 4.11. The van der Waals surface area contributed by atoms with Crippen molar-refractivity contribution in [2.45, 2.75) is 25.8 Å². The van der Waals surface area contributed by atoms with E-state index in [-0.39, 0.29) is 12.0 Å². The largest absolute Gasteiger partial charge is 0.468 e. The highest BCUT2D eigenvalue weighted by molar-refractivity contribution is 5.78. The topological polar surface area (TPSA) is 29.3 Å². The molecule has 0 bridgehead atoms.